The summed E-state index contributed by atoms with van der Waals surface area (Å²) in [6.45, 7) is 0. The zero-order valence-electron chi connectivity index (χ0n) is 10.8. The molecule has 0 unspecified atom stereocenters. The normalized spacial score (nSPS) is 11.3. The molecule has 0 amide bonds. The van der Waals surface area contributed by atoms with Crippen molar-refractivity contribution in [1.29, 1.82) is 0 Å². The summed E-state index contributed by atoms with van der Waals surface area (Å²) in [5, 5.41) is 8.91. The Morgan fingerprint density at radius 2 is 1.68 bits per heavy atom. The summed E-state index contributed by atoms with van der Waals surface area (Å²) in [6.07, 6.45) is 0. The van der Waals surface area contributed by atoms with E-state index in [4.69, 9.17) is 9.78 Å². The van der Waals surface area contributed by atoms with Crippen LogP contribution in [0.1, 0.15) is 26.3 Å². The van der Waals surface area contributed by atoms with E-state index in [1.54, 1.807) is 18.2 Å². The molecule has 0 saturated heterocycles. The molecule has 3 rings (SSSR count). The average molecular weight is 301 g/mol. The largest absolute Gasteiger partial charge is 0.334 e. The lowest BCUT2D eigenvalue weighted by molar-refractivity contribution is -0.727. The van der Waals surface area contributed by atoms with Crippen LogP contribution in [0.2, 0.25) is 0 Å². The molecule has 2 bridgehead atoms. The van der Waals surface area contributed by atoms with E-state index in [-0.39, 0.29) is 16.9 Å². The minimum Gasteiger partial charge on any atom is -0.290 e. The number of hydrogen-bond acceptors (Lipinski definition) is 7. The number of ketones is 1. The number of benzene rings is 2. The summed E-state index contributed by atoms with van der Waals surface area (Å²) in [5.74, 6) is -0.631. The van der Waals surface area contributed by atoms with Crippen LogP contribution in [0.5, 0.6) is 11.5 Å². The first-order valence-electron chi connectivity index (χ1n) is 6.04. The second kappa shape index (κ2) is 5.17. The molecule has 0 atom stereocenters. The van der Waals surface area contributed by atoms with Crippen molar-refractivity contribution in [2.45, 2.75) is 0 Å². The highest BCUT2D eigenvalue weighted by Crippen LogP contribution is 2.32. The molecule has 0 N–H and O–H groups in total. The van der Waals surface area contributed by atoms with E-state index < -0.39 is 11.1 Å². The predicted octanol–water partition coefficient (Wildman–Crippen LogP) is 1.95. The van der Waals surface area contributed by atoms with Gasteiger partial charge in [-0.1, -0.05) is 12.1 Å². The highest BCUT2D eigenvalue weighted by Gasteiger charge is 2.21. The van der Waals surface area contributed by atoms with Gasteiger partial charge in [-0.15, -0.1) is 10.1 Å². The summed E-state index contributed by atoms with van der Waals surface area (Å²) >= 11 is 0. The maximum absolute atomic E-state index is 12.3. The van der Waals surface area contributed by atoms with Crippen LogP contribution < -0.4 is 9.78 Å². The molecule has 0 fully saturated rings. The van der Waals surface area contributed by atoms with E-state index >= 15 is 0 Å². The minimum absolute atomic E-state index is 0.0345. The number of nitrogens with zero attached hydrogens (tertiary/aromatic N) is 1. The van der Waals surface area contributed by atoms with E-state index in [9.17, 15) is 19.7 Å². The fourth-order valence-corrected chi connectivity index (χ4v) is 1.94. The van der Waals surface area contributed by atoms with E-state index in [1.807, 2.05) is 0 Å². The van der Waals surface area contributed by atoms with Gasteiger partial charge in [-0.25, -0.2) is 4.84 Å². The Bertz CT molecular complexity index is 782. The number of fused-ring (bicyclic) bond motifs is 2. The van der Waals surface area contributed by atoms with Gasteiger partial charge in [0.05, 0.1) is 5.56 Å². The third-order valence-corrected chi connectivity index (χ3v) is 2.97. The zero-order chi connectivity index (χ0) is 15.7. The van der Waals surface area contributed by atoms with Crippen LogP contribution >= 0.6 is 0 Å². The second-order valence-electron chi connectivity index (χ2n) is 4.33. The van der Waals surface area contributed by atoms with Crippen molar-refractivity contribution in [3.05, 3.63) is 69.3 Å². The fraction of sp³-hybridized carbons (Fsp3) is 0. The molecular weight excluding hydrogens is 294 g/mol. The van der Waals surface area contributed by atoms with Crippen LogP contribution in [0, 0.1) is 10.1 Å². The highest BCUT2D eigenvalue weighted by molar-refractivity contribution is 6.11. The maximum atomic E-state index is 12.3. The van der Waals surface area contributed by atoms with Gasteiger partial charge in [0.15, 0.2) is 17.3 Å². The Labute approximate surface area is 122 Å². The second-order valence-corrected chi connectivity index (χ2v) is 4.33. The third kappa shape index (κ3) is 2.44. The van der Waals surface area contributed by atoms with E-state index in [0.29, 0.717) is 17.1 Å². The standard InChI is InChI=1S/C14H7NO7/c16-13(11-6-5-10-7-12(11)22-21-10)8-1-3-9(4-2-8)14(17)20-15(18)19/h1-7H. The van der Waals surface area contributed by atoms with Gasteiger partial charge in [0.25, 0.3) is 0 Å². The smallest absolute Gasteiger partial charge is 0.290 e. The van der Waals surface area contributed by atoms with Gasteiger partial charge in [0, 0.05) is 17.2 Å². The van der Waals surface area contributed by atoms with E-state index in [2.05, 4.69) is 4.84 Å². The lowest BCUT2D eigenvalue weighted by Crippen LogP contribution is -2.11. The SMILES string of the molecule is O=C(O[N+](=O)[O-])c1ccc(C(=O)c2ccc3cc2OO3)cc1. The first-order valence-corrected chi connectivity index (χ1v) is 6.04. The first kappa shape index (κ1) is 13.6. The van der Waals surface area contributed by atoms with Crippen LogP contribution in [-0.4, -0.2) is 16.8 Å². The Morgan fingerprint density at radius 3 is 2.36 bits per heavy atom. The summed E-state index contributed by atoms with van der Waals surface area (Å²) in [5.41, 5.74) is 0.562. The number of carbonyl (C=O) groups is 2. The van der Waals surface area contributed by atoms with Crippen LogP contribution in [0.25, 0.3) is 0 Å². The Balaban J connectivity index is 1.83. The van der Waals surface area contributed by atoms with Crippen LogP contribution in [0.3, 0.4) is 0 Å². The van der Waals surface area contributed by atoms with Crippen molar-refractivity contribution in [3.8, 4) is 11.5 Å². The Hall–Kier alpha value is -3.42. The first-order chi connectivity index (χ1) is 10.5. The van der Waals surface area contributed by atoms with E-state index in [0.717, 1.165) is 0 Å². The quantitative estimate of drug-likeness (QED) is 0.368. The van der Waals surface area contributed by atoms with E-state index in [1.165, 1.54) is 24.3 Å². The maximum Gasteiger partial charge on any atom is 0.334 e. The van der Waals surface area contributed by atoms with Crippen molar-refractivity contribution < 1.29 is 29.3 Å². The summed E-state index contributed by atoms with van der Waals surface area (Å²) in [4.78, 5) is 47.3. The molecule has 0 aromatic heterocycles. The average Bonchev–Trinajstić information content (AvgIpc) is 2.88. The molecule has 1 aliphatic heterocycles. The molecule has 110 valence electrons. The lowest BCUT2D eigenvalue weighted by Gasteiger charge is -2.03. The van der Waals surface area contributed by atoms with Gasteiger partial charge in [0.1, 0.15) is 0 Å². The molecule has 2 aromatic carbocycles. The minimum atomic E-state index is -1.19. The van der Waals surface area contributed by atoms with Gasteiger partial charge in [0.2, 0.25) is 0 Å². The lowest BCUT2D eigenvalue weighted by atomic mass is 10.0. The van der Waals surface area contributed by atoms with Crippen molar-refractivity contribution in [3.63, 3.8) is 0 Å². The molecule has 1 heterocycles. The molecule has 22 heavy (non-hydrogen) atoms. The Morgan fingerprint density at radius 1 is 1.00 bits per heavy atom. The molecule has 0 radical (unpaired) electrons. The number of rotatable bonds is 4. The number of hydrogen-bond donors (Lipinski definition) is 0. The van der Waals surface area contributed by atoms with Gasteiger partial charge in [-0.2, -0.15) is 0 Å². The summed E-state index contributed by atoms with van der Waals surface area (Å²) in [7, 11) is 0. The monoisotopic (exact) mass is 301 g/mol. The summed E-state index contributed by atoms with van der Waals surface area (Å²) in [6, 6.07) is 10.0. The molecule has 8 nitrogen and oxygen atoms in total. The Kier molecular flexibility index (Phi) is 3.18. The van der Waals surface area contributed by atoms with Crippen molar-refractivity contribution in [1.82, 2.24) is 0 Å². The highest BCUT2D eigenvalue weighted by atomic mass is 17.2. The van der Waals surface area contributed by atoms with Gasteiger partial charge in [-0.3, -0.25) is 19.4 Å². The summed E-state index contributed by atoms with van der Waals surface area (Å²) < 4.78 is 0. The van der Waals surface area contributed by atoms with Crippen LogP contribution in [0.15, 0.2) is 42.5 Å². The fourth-order valence-electron chi connectivity index (χ4n) is 1.94. The van der Waals surface area contributed by atoms with Gasteiger partial charge in [-0.05, 0) is 24.3 Å². The van der Waals surface area contributed by atoms with Crippen molar-refractivity contribution >= 4 is 11.8 Å². The molecule has 0 saturated carbocycles. The van der Waals surface area contributed by atoms with Crippen LogP contribution in [0.4, 0.5) is 0 Å². The van der Waals surface area contributed by atoms with Gasteiger partial charge < -0.3 is 0 Å². The predicted molar refractivity (Wildman–Crippen MR) is 70.0 cm³/mol. The molecule has 8 heteroatoms. The topological polar surface area (TPSA) is 105 Å². The van der Waals surface area contributed by atoms with Crippen molar-refractivity contribution in [2.24, 2.45) is 0 Å². The zero-order valence-corrected chi connectivity index (χ0v) is 10.8. The molecular formula is C14H7NO7. The molecule has 0 spiro atoms. The number of carbonyl (C=O) groups excluding carboxylic acids is 2. The third-order valence-electron chi connectivity index (χ3n) is 2.97. The van der Waals surface area contributed by atoms with Gasteiger partial charge >= 0.3 is 11.1 Å². The molecule has 1 aliphatic rings. The van der Waals surface area contributed by atoms with Crippen molar-refractivity contribution in [2.75, 3.05) is 0 Å². The van der Waals surface area contributed by atoms with Crippen LogP contribution in [-0.2, 0) is 4.84 Å². The molecule has 2 aromatic rings. The molecule has 0 aliphatic carbocycles.